The summed E-state index contributed by atoms with van der Waals surface area (Å²) in [7, 11) is 0. The van der Waals surface area contributed by atoms with Crippen molar-refractivity contribution in [2.75, 3.05) is 0 Å². The SMILES string of the molecule is NC(/C=C/c1ccccc1C(F)(F)F)C(=O)O. The summed E-state index contributed by atoms with van der Waals surface area (Å²) in [5.74, 6) is -1.30. The summed E-state index contributed by atoms with van der Waals surface area (Å²) in [4.78, 5) is 10.4. The molecule has 1 aromatic carbocycles. The molecule has 0 aliphatic carbocycles. The van der Waals surface area contributed by atoms with Crippen LogP contribution in [-0.2, 0) is 11.0 Å². The van der Waals surface area contributed by atoms with Crippen molar-refractivity contribution >= 4 is 12.0 Å². The quantitative estimate of drug-likeness (QED) is 0.857. The Morgan fingerprint density at radius 2 is 1.94 bits per heavy atom. The maximum atomic E-state index is 12.5. The fourth-order valence-corrected chi connectivity index (χ4v) is 1.19. The summed E-state index contributed by atoms with van der Waals surface area (Å²) < 4.78 is 37.6. The summed E-state index contributed by atoms with van der Waals surface area (Å²) in [6.45, 7) is 0. The van der Waals surface area contributed by atoms with Crippen LogP contribution in [-0.4, -0.2) is 17.1 Å². The van der Waals surface area contributed by atoms with Crippen LogP contribution in [0.25, 0.3) is 6.08 Å². The predicted molar refractivity (Wildman–Crippen MR) is 56.1 cm³/mol. The molecule has 3 nitrogen and oxygen atoms in total. The van der Waals surface area contributed by atoms with Crippen LogP contribution in [0.5, 0.6) is 0 Å². The Bertz CT molecular complexity index is 441. The van der Waals surface area contributed by atoms with Gasteiger partial charge in [0.25, 0.3) is 0 Å². The third kappa shape index (κ3) is 3.60. The second kappa shape index (κ2) is 5.01. The van der Waals surface area contributed by atoms with Gasteiger partial charge in [-0.3, -0.25) is 4.79 Å². The van der Waals surface area contributed by atoms with Crippen LogP contribution in [0.1, 0.15) is 11.1 Å². The highest BCUT2D eigenvalue weighted by molar-refractivity contribution is 5.77. The fraction of sp³-hybridized carbons (Fsp3) is 0.182. The van der Waals surface area contributed by atoms with Crippen molar-refractivity contribution in [3.8, 4) is 0 Å². The highest BCUT2D eigenvalue weighted by atomic mass is 19.4. The molecule has 1 aromatic rings. The second-order valence-electron chi connectivity index (χ2n) is 3.31. The van der Waals surface area contributed by atoms with Crippen LogP contribution < -0.4 is 5.73 Å². The van der Waals surface area contributed by atoms with E-state index in [0.29, 0.717) is 0 Å². The van der Waals surface area contributed by atoms with E-state index in [1.165, 1.54) is 18.2 Å². The molecule has 0 radical (unpaired) electrons. The van der Waals surface area contributed by atoms with Gasteiger partial charge in [-0.25, -0.2) is 0 Å². The zero-order chi connectivity index (χ0) is 13.1. The third-order valence-electron chi connectivity index (χ3n) is 2.03. The van der Waals surface area contributed by atoms with E-state index in [9.17, 15) is 18.0 Å². The van der Waals surface area contributed by atoms with Crippen molar-refractivity contribution in [1.29, 1.82) is 0 Å². The smallest absolute Gasteiger partial charge is 0.416 e. The first-order chi connectivity index (χ1) is 7.82. The number of halogens is 3. The molecule has 1 rings (SSSR count). The lowest BCUT2D eigenvalue weighted by molar-refractivity contribution is -0.138. The molecule has 0 fully saturated rings. The lowest BCUT2D eigenvalue weighted by atomic mass is 10.1. The number of carbonyl (C=O) groups is 1. The number of carboxylic acids is 1. The van der Waals surface area contributed by atoms with Gasteiger partial charge in [-0.15, -0.1) is 0 Å². The third-order valence-corrected chi connectivity index (χ3v) is 2.03. The Labute approximate surface area is 95.4 Å². The van der Waals surface area contributed by atoms with Crippen molar-refractivity contribution in [1.82, 2.24) is 0 Å². The molecule has 0 aliphatic heterocycles. The van der Waals surface area contributed by atoms with Crippen molar-refractivity contribution in [3.63, 3.8) is 0 Å². The molecule has 1 unspecified atom stereocenters. The number of rotatable bonds is 3. The fourth-order valence-electron chi connectivity index (χ4n) is 1.19. The Kier molecular flexibility index (Phi) is 3.90. The summed E-state index contributed by atoms with van der Waals surface area (Å²) >= 11 is 0. The highest BCUT2D eigenvalue weighted by Gasteiger charge is 2.32. The molecule has 0 spiro atoms. The van der Waals surface area contributed by atoms with E-state index in [2.05, 4.69) is 0 Å². The van der Waals surface area contributed by atoms with E-state index in [1.807, 2.05) is 0 Å². The van der Waals surface area contributed by atoms with E-state index in [0.717, 1.165) is 18.2 Å². The van der Waals surface area contributed by atoms with Crippen LogP contribution in [0, 0.1) is 0 Å². The van der Waals surface area contributed by atoms with Gasteiger partial charge in [-0.05, 0) is 11.6 Å². The molecule has 0 aliphatic rings. The Morgan fingerprint density at radius 1 is 1.35 bits per heavy atom. The average molecular weight is 245 g/mol. The average Bonchev–Trinajstić information content (AvgIpc) is 2.24. The van der Waals surface area contributed by atoms with Gasteiger partial charge in [-0.1, -0.05) is 30.4 Å². The van der Waals surface area contributed by atoms with E-state index in [-0.39, 0.29) is 5.56 Å². The van der Waals surface area contributed by atoms with Gasteiger partial charge >= 0.3 is 12.1 Å². The van der Waals surface area contributed by atoms with Crippen molar-refractivity contribution in [3.05, 3.63) is 41.5 Å². The second-order valence-corrected chi connectivity index (χ2v) is 3.31. The monoisotopic (exact) mass is 245 g/mol. The summed E-state index contributed by atoms with van der Waals surface area (Å²) in [5.41, 5.74) is 4.22. The van der Waals surface area contributed by atoms with Gasteiger partial charge in [0.2, 0.25) is 0 Å². The van der Waals surface area contributed by atoms with Crippen LogP contribution in [0.3, 0.4) is 0 Å². The highest BCUT2D eigenvalue weighted by Crippen LogP contribution is 2.32. The number of benzene rings is 1. The van der Waals surface area contributed by atoms with Gasteiger partial charge in [-0.2, -0.15) is 13.2 Å². The molecule has 17 heavy (non-hydrogen) atoms. The number of carboxylic acid groups (broad SMARTS) is 1. The minimum atomic E-state index is -4.48. The van der Waals surface area contributed by atoms with Crippen LogP contribution in [0.15, 0.2) is 30.3 Å². The number of nitrogens with two attached hydrogens (primary N) is 1. The predicted octanol–water partition coefficient (Wildman–Crippen LogP) is 2.13. The molecule has 0 saturated heterocycles. The first-order valence-electron chi connectivity index (χ1n) is 4.65. The number of hydrogen-bond acceptors (Lipinski definition) is 2. The van der Waals surface area contributed by atoms with Gasteiger partial charge in [0.05, 0.1) is 5.56 Å². The summed E-state index contributed by atoms with van der Waals surface area (Å²) in [6, 6.07) is 3.54. The molecule has 1 atom stereocenters. The van der Waals surface area contributed by atoms with Crippen LogP contribution in [0.2, 0.25) is 0 Å². The standard InChI is InChI=1S/C11H10F3NO2/c12-11(13,14)8-4-2-1-3-7(8)5-6-9(15)10(16)17/h1-6,9H,15H2,(H,16,17)/b6-5+. The van der Waals surface area contributed by atoms with Gasteiger partial charge in [0.15, 0.2) is 0 Å². The molecule has 0 heterocycles. The van der Waals surface area contributed by atoms with Gasteiger partial charge < -0.3 is 10.8 Å². The zero-order valence-corrected chi connectivity index (χ0v) is 8.61. The van der Waals surface area contributed by atoms with Crippen molar-refractivity contribution in [2.45, 2.75) is 12.2 Å². The van der Waals surface area contributed by atoms with E-state index < -0.39 is 23.8 Å². The Balaban J connectivity index is 3.03. The van der Waals surface area contributed by atoms with Crippen molar-refractivity contribution < 1.29 is 23.1 Å². The normalized spacial score (nSPS) is 13.9. The Morgan fingerprint density at radius 3 is 2.47 bits per heavy atom. The minimum absolute atomic E-state index is 0.114. The molecule has 0 aromatic heterocycles. The lowest BCUT2D eigenvalue weighted by Crippen LogP contribution is -2.27. The van der Waals surface area contributed by atoms with E-state index in [1.54, 1.807) is 0 Å². The molecular formula is C11H10F3NO2. The Hall–Kier alpha value is -1.82. The molecule has 92 valence electrons. The minimum Gasteiger partial charge on any atom is -0.480 e. The number of hydrogen-bond donors (Lipinski definition) is 2. The zero-order valence-electron chi connectivity index (χ0n) is 8.61. The molecule has 0 bridgehead atoms. The maximum absolute atomic E-state index is 12.5. The van der Waals surface area contributed by atoms with Gasteiger partial charge in [0, 0.05) is 0 Å². The topological polar surface area (TPSA) is 63.3 Å². The number of aliphatic carboxylic acids is 1. The summed E-state index contributed by atoms with van der Waals surface area (Å²) in [6.07, 6.45) is -2.41. The number of alkyl halides is 3. The lowest BCUT2D eigenvalue weighted by Gasteiger charge is -2.09. The van der Waals surface area contributed by atoms with E-state index >= 15 is 0 Å². The van der Waals surface area contributed by atoms with Crippen LogP contribution in [0.4, 0.5) is 13.2 Å². The largest absolute Gasteiger partial charge is 0.480 e. The van der Waals surface area contributed by atoms with E-state index in [4.69, 9.17) is 10.8 Å². The molecular weight excluding hydrogens is 235 g/mol. The van der Waals surface area contributed by atoms with Gasteiger partial charge in [0.1, 0.15) is 6.04 Å². The molecule has 0 amide bonds. The van der Waals surface area contributed by atoms with Crippen LogP contribution >= 0.6 is 0 Å². The first kappa shape index (κ1) is 13.2. The maximum Gasteiger partial charge on any atom is 0.416 e. The molecule has 0 saturated carbocycles. The van der Waals surface area contributed by atoms with Crippen molar-refractivity contribution in [2.24, 2.45) is 5.73 Å². The summed E-state index contributed by atoms with van der Waals surface area (Å²) in [5, 5.41) is 8.49. The molecule has 6 heteroatoms. The molecule has 3 N–H and O–H groups in total. The first-order valence-corrected chi connectivity index (χ1v) is 4.65.